The van der Waals surface area contributed by atoms with Gasteiger partial charge in [-0.15, -0.1) is 0 Å². The summed E-state index contributed by atoms with van der Waals surface area (Å²) in [5.41, 5.74) is 0. The zero-order chi connectivity index (χ0) is 15.5. The van der Waals surface area contributed by atoms with Crippen LogP contribution in [0.5, 0.6) is 0 Å². The lowest BCUT2D eigenvalue weighted by Crippen LogP contribution is -2.34. The Kier molecular flexibility index (Phi) is 4.37. The first-order valence-electron chi connectivity index (χ1n) is 6.51. The second-order valence-corrected chi connectivity index (χ2v) is 6.07. The average Bonchev–Trinajstić information content (AvgIpc) is 3.00. The van der Waals surface area contributed by atoms with Crippen LogP contribution in [0.2, 0.25) is 0 Å². The van der Waals surface area contributed by atoms with E-state index in [-0.39, 0.29) is 16.1 Å². The average molecular weight is 308 g/mol. The number of carbonyl (C=O) groups is 1. The van der Waals surface area contributed by atoms with Gasteiger partial charge in [-0.2, -0.15) is 9.78 Å². The minimum atomic E-state index is -3.80. The van der Waals surface area contributed by atoms with Crippen LogP contribution >= 0.6 is 0 Å². The van der Waals surface area contributed by atoms with Gasteiger partial charge >= 0.3 is 6.03 Å². The molecule has 0 spiro atoms. The molecular formula is C13H16N4O3S. The summed E-state index contributed by atoms with van der Waals surface area (Å²) in [5, 5.41) is 3.59. The Labute approximate surface area is 123 Å². The molecule has 0 saturated carbocycles. The number of hydrogen-bond acceptors (Lipinski definition) is 5. The number of sulfone groups is 1. The lowest BCUT2D eigenvalue weighted by molar-refractivity contribution is 0.201. The van der Waals surface area contributed by atoms with E-state index in [1.54, 1.807) is 17.0 Å². The molecule has 2 aromatic rings. The number of pyridine rings is 1. The van der Waals surface area contributed by atoms with Gasteiger partial charge in [-0.1, -0.05) is 6.07 Å². The molecular weight excluding hydrogens is 292 g/mol. The van der Waals surface area contributed by atoms with Crippen molar-refractivity contribution in [3.05, 3.63) is 36.7 Å². The Balaban J connectivity index is 2.34. The zero-order valence-electron chi connectivity index (χ0n) is 11.8. The maximum absolute atomic E-state index is 12.3. The summed E-state index contributed by atoms with van der Waals surface area (Å²) >= 11 is 0. The molecule has 0 atom stereocenters. The normalized spacial score (nSPS) is 11.3. The highest BCUT2D eigenvalue weighted by Gasteiger charge is 2.23. The molecule has 21 heavy (non-hydrogen) atoms. The molecule has 0 unspecified atom stereocenters. The summed E-state index contributed by atoms with van der Waals surface area (Å²) in [6.07, 6.45) is 2.74. The van der Waals surface area contributed by atoms with E-state index in [4.69, 9.17) is 0 Å². The number of hydrogen-bond donors (Lipinski definition) is 0. The highest BCUT2D eigenvalue weighted by Crippen LogP contribution is 2.16. The zero-order valence-corrected chi connectivity index (χ0v) is 12.6. The Morgan fingerprint density at radius 3 is 2.48 bits per heavy atom. The van der Waals surface area contributed by atoms with Crippen molar-refractivity contribution < 1.29 is 13.2 Å². The number of carbonyl (C=O) groups excluding carboxylic acids is 1. The molecule has 2 rings (SSSR count). The SMILES string of the molecule is CCN(CC)C(=O)n1ccc(S(=O)(=O)c2ccccn2)n1. The van der Waals surface area contributed by atoms with Crippen LogP contribution < -0.4 is 0 Å². The maximum atomic E-state index is 12.3. The standard InChI is InChI=1S/C13H16N4O3S/c1-3-16(4-2)13(18)17-10-8-12(15-17)21(19,20)11-7-5-6-9-14-11/h5-10H,3-4H2,1-2H3. The lowest BCUT2D eigenvalue weighted by Gasteiger charge is -2.17. The first kappa shape index (κ1) is 15.2. The van der Waals surface area contributed by atoms with Crippen molar-refractivity contribution in [2.24, 2.45) is 0 Å². The van der Waals surface area contributed by atoms with E-state index in [0.29, 0.717) is 13.1 Å². The number of aromatic nitrogens is 3. The maximum Gasteiger partial charge on any atom is 0.344 e. The van der Waals surface area contributed by atoms with Crippen LogP contribution in [-0.2, 0) is 9.84 Å². The van der Waals surface area contributed by atoms with Crippen molar-refractivity contribution in [1.82, 2.24) is 19.7 Å². The van der Waals surface area contributed by atoms with E-state index in [1.807, 2.05) is 13.8 Å². The Hall–Kier alpha value is -2.22. The lowest BCUT2D eigenvalue weighted by atomic mass is 10.5. The molecule has 0 aliphatic rings. The van der Waals surface area contributed by atoms with Gasteiger partial charge in [0.2, 0.25) is 9.84 Å². The molecule has 0 saturated heterocycles. The molecule has 0 aliphatic heterocycles. The minimum Gasteiger partial charge on any atom is -0.323 e. The van der Waals surface area contributed by atoms with Crippen molar-refractivity contribution >= 4 is 15.9 Å². The summed E-state index contributed by atoms with van der Waals surface area (Å²) in [7, 11) is -3.80. The van der Waals surface area contributed by atoms with Gasteiger partial charge in [0.15, 0.2) is 10.1 Å². The van der Waals surface area contributed by atoms with Gasteiger partial charge in [0, 0.05) is 25.5 Å². The molecule has 2 heterocycles. The third kappa shape index (κ3) is 2.94. The predicted molar refractivity (Wildman–Crippen MR) is 75.6 cm³/mol. The first-order valence-corrected chi connectivity index (χ1v) is 8.00. The number of nitrogens with zero attached hydrogens (tertiary/aromatic N) is 4. The molecule has 2 aromatic heterocycles. The molecule has 8 heteroatoms. The van der Waals surface area contributed by atoms with Crippen LogP contribution in [0.3, 0.4) is 0 Å². The third-order valence-corrected chi connectivity index (χ3v) is 4.54. The monoisotopic (exact) mass is 308 g/mol. The third-order valence-electron chi connectivity index (χ3n) is 2.98. The molecule has 0 bridgehead atoms. The summed E-state index contributed by atoms with van der Waals surface area (Å²) in [5.74, 6) is 0. The van der Waals surface area contributed by atoms with E-state index < -0.39 is 9.84 Å². The fourth-order valence-electron chi connectivity index (χ4n) is 1.81. The van der Waals surface area contributed by atoms with E-state index in [1.165, 1.54) is 24.5 Å². The van der Waals surface area contributed by atoms with Gasteiger partial charge in [-0.25, -0.2) is 18.2 Å². The van der Waals surface area contributed by atoms with Gasteiger partial charge in [-0.3, -0.25) is 0 Å². The van der Waals surface area contributed by atoms with E-state index in [0.717, 1.165) is 4.68 Å². The largest absolute Gasteiger partial charge is 0.344 e. The van der Waals surface area contributed by atoms with Crippen LogP contribution in [0.1, 0.15) is 13.8 Å². The van der Waals surface area contributed by atoms with E-state index in [9.17, 15) is 13.2 Å². The molecule has 0 fully saturated rings. The highest BCUT2D eigenvalue weighted by atomic mass is 32.2. The van der Waals surface area contributed by atoms with Gasteiger partial charge in [0.1, 0.15) is 0 Å². The van der Waals surface area contributed by atoms with Crippen LogP contribution in [-0.4, -0.2) is 47.2 Å². The van der Waals surface area contributed by atoms with Crippen molar-refractivity contribution in [3.63, 3.8) is 0 Å². The van der Waals surface area contributed by atoms with E-state index >= 15 is 0 Å². The smallest absolute Gasteiger partial charge is 0.323 e. The second-order valence-electron chi connectivity index (χ2n) is 4.22. The van der Waals surface area contributed by atoms with Crippen LogP contribution in [0.15, 0.2) is 46.7 Å². The summed E-state index contributed by atoms with van der Waals surface area (Å²) in [6.45, 7) is 4.74. The number of rotatable bonds is 4. The van der Waals surface area contributed by atoms with Gasteiger partial charge in [0.25, 0.3) is 0 Å². The fourth-order valence-corrected chi connectivity index (χ4v) is 2.92. The highest BCUT2D eigenvalue weighted by molar-refractivity contribution is 7.91. The van der Waals surface area contributed by atoms with Crippen molar-refractivity contribution in [2.75, 3.05) is 13.1 Å². The Morgan fingerprint density at radius 2 is 1.90 bits per heavy atom. The predicted octanol–water partition coefficient (Wildman–Crippen LogP) is 1.42. The molecule has 0 radical (unpaired) electrons. The molecule has 1 amide bonds. The van der Waals surface area contributed by atoms with Crippen molar-refractivity contribution in [3.8, 4) is 0 Å². The van der Waals surface area contributed by atoms with Crippen LogP contribution in [0.4, 0.5) is 4.79 Å². The number of amides is 1. The van der Waals surface area contributed by atoms with Crippen molar-refractivity contribution in [2.45, 2.75) is 23.9 Å². The Bertz CT molecular complexity index is 721. The molecule has 0 aromatic carbocycles. The van der Waals surface area contributed by atoms with Gasteiger partial charge < -0.3 is 4.90 Å². The topological polar surface area (TPSA) is 85.2 Å². The second kappa shape index (κ2) is 6.04. The van der Waals surface area contributed by atoms with E-state index in [2.05, 4.69) is 10.1 Å². The molecule has 7 nitrogen and oxygen atoms in total. The van der Waals surface area contributed by atoms with Crippen LogP contribution in [0, 0.1) is 0 Å². The first-order chi connectivity index (χ1) is 10.0. The van der Waals surface area contributed by atoms with Crippen LogP contribution in [0.25, 0.3) is 0 Å². The summed E-state index contributed by atoms with van der Waals surface area (Å²) in [6, 6.07) is 5.54. The summed E-state index contributed by atoms with van der Waals surface area (Å²) < 4.78 is 25.7. The molecule has 0 aliphatic carbocycles. The van der Waals surface area contributed by atoms with Crippen molar-refractivity contribution in [1.29, 1.82) is 0 Å². The van der Waals surface area contributed by atoms with Gasteiger partial charge in [-0.05, 0) is 32.0 Å². The fraction of sp³-hybridized carbons (Fsp3) is 0.308. The van der Waals surface area contributed by atoms with Gasteiger partial charge in [0.05, 0.1) is 0 Å². The quantitative estimate of drug-likeness (QED) is 0.852. The minimum absolute atomic E-state index is 0.0921. The Morgan fingerprint density at radius 1 is 1.19 bits per heavy atom. The molecule has 0 N–H and O–H groups in total. The molecule has 112 valence electrons. The summed E-state index contributed by atoms with van der Waals surface area (Å²) in [4.78, 5) is 17.5.